The highest BCUT2D eigenvalue weighted by molar-refractivity contribution is 7.14. The maximum atomic E-state index is 12.2. The quantitative estimate of drug-likeness (QED) is 0.304. The molecule has 0 aliphatic heterocycles. The Bertz CT molecular complexity index is 1060. The van der Waals surface area contributed by atoms with E-state index in [0.717, 1.165) is 17.0 Å². The molecule has 3 rings (SSSR count). The predicted octanol–water partition coefficient (Wildman–Crippen LogP) is 6.19. The third kappa shape index (κ3) is 7.42. The van der Waals surface area contributed by atoms with Gasteiger partial charge in [-0.3, -0.25) is 10.1 Å². The Kier molecular flexibility index (Phi) is 7.88. The Labute approximate surface area is 187 Å². The van der Waals surface area contributed by atoms with Gasteiger partial charge in [-0.1, -0.05) is 12.1 Å². The highest BCUT2D eigenvalue weighted by Crippen LogP contribution is 2.26. The topological polar surface area (TPSA) is 60.5 Å². The average Bonchev–Trinajstić information content (AvgIpc) is 3.23. The van der Waals surface area contributed by atoms with E-state index in [-0.39, 0.29) is 18.9 Å². The molecule has 1 amide bonds. The number of benzene rings is 2. The number of ether oxygens (including phenoxy) is 2. The van der Waals surface area contributed by atoms with E-state index in [1.54, 1.807) is 37.5 Å². The lowest BCUT2D eigenvalue weighted by Gasteiger charge is -2.08. The van der Waals surface area contributed by atoms with Crippen molar-refractivity contribution in [3.8, 4) is 22.8 Å². The van der Waals surface area contributed by atoms with Crippen LogP contribution in [0.3, 0.4) is 0 Å². The SMILES string of the molecule is COc1ccc(-c2csc(NC(=O)C=Cc3cccc(OCCCC(F)(F)F)c3)n2)cc1. The van der Waals surface area contributed by atoms with E-state index in [1.807, 2.05) is 29.6 Å². The van der Waals surface area contributed by atoms with Gasteiger partial charge in [0.2, 0.25) is 5.91 Å². The fourth-order valence-electron chi connectivity index (χ4n) is 2.72. The fourth-order valence-corrected chi connectivity index (χ4v) is 3.44. The van der Waals surface area contributed by atoms with Crippen molar-refractivity contribution in [2.45, 2.75) is 19.0 Å². The molecule has 0 aliphatic carbocycles. The van der Waals surface area contributed by atoms with Gasteiger partial charge < -0.3 is 9.47 Å². The molecular formula is C23H21F3N2O3S. The number of amides is 1. The van der Waals surface area contributed by atoms with Gasteiger partial charge in [0.05, 0.1) is 19.4 Å². The molecule has 0 saturated carbocycles. The van der Waals surface area contributed by atoms with Crippen molar-refractivity contribution in [3.63, 3.8) is 0 Å². The molecular weight excluding hydrogens is 441 g/mol. The van der Waals surface area contributed by atoms with Gasteiger partial charge >= 0.3 is 6.18 Å². The van der Waals surface area contributed by atoms with Crippen LogP contribution in [0.1, 0.15) is 18.4 Å². The van der Waals surface area contributed by atoms with Crippen molar-refractivity contribution >= 4 is 28.5 Å². The third-order valence-corrected chi connectivity index (χ3v) is 5.04. The van der Waals surface area contributed by atoms with Gasteiger partial charge in [0.1, 0.15) is 11.5 Å². The predicted molar refractivity (Wildman–Crippen MR) is 119 cm³/mol. The van der Waals surface area contributed by atoms with Crippen LogP contribution in [-0.4, -0.2) is 30.8 Å². The normalized spacial score (nSPS) is 11.5. The van der Waals surface area contributed by atoms with Crippen LogP contribution in [0.15, 0.2) is 60.0 Å². The summed E-state index contributed by atoms with van der Waals surface area (Å²) in [4.78, 5) is 16.6. The van der Waals surface area contributed by atoms with Crippen LogP contribution in [0, 0.1) is 0 Å². The summed E-state index contributed by atoms with van der Waals surface area (Å²) in [5.74, 6) is 0.842. The van der Waals surface area contributed by atoms with Gasteiger partial charge in [0.25, 0.3) is 0 Å². The zero-order valence-corrected chi connectivity index (χ0v) is 18.0. The van der Waals surface area contributed by atoms with Crippen molar-refractivity contribution in [2.24, 2.45) is 0 Å². The second-order valence-electron chi connectivity index (χ2n) is 6.73. The number of carbonyl (C=O) groups is 1. The average molecular weight is 462 g/mol. The summed E-state index contributed by atoms with van der Waals surface area (Å²) in [6.45, 7) is -0.0340. The number of alkyl halides is 3. The summed E-state index contributed by atoms with van der Waals surface area (Å²) >= 11 is 1.31. The summed E-state index contributed by atoms with van der Waals surface area (Å²) in [6, 6.07) is 14.2. The summed E-state index contributed by atoms with van der Waals surface area (Å²) < 4.78 is 47.0. The lowest BCUT2D eigenvalue weighted by Crippen LogP contribution is -2.09. The number of halogens is 3. The van der Waals surface area contributed by atoms with Crippen LogP contribution in [0.4, 0.5) is 18.3 Å². The maximum absolute atomic E-state index is 12.2. The smallest absolute Gasteiger partial charge is 0.389 e. The standard InChI is InChI=1S/C23H21F3N2O3S/c1-30-18-9-7-17(8-10-18)20-15-32-22(27-20)28-21(29)11-6-16-4-2-5-19(14-16)31-13-3-12-23(24,25)26/h2,4-11,14-15H,3,12-13H2,1H3,(H,27,28,29). The summed E-state index contributed by atoms with van der Waals surface area (Å²) in [5, 5.41) is 5.03. The molecule has 0 atom stereocenters. The van der Waals surface area contributed by atoms with E-state index in [1.165, 1.54) is 17.4 Å². The van der Waals surface area contributed by atoms with Crippen molar-refractivity contribution in [3.05, 3.63) is 65.6 Å². The molecule has 3 aromatic rings. The van der Waals surface area contributed by atoms with Gasteiger partial charge in [-0.2, -0.15) is 13.2 Å². The first-order valence-corrected chi connectivity index (χ1v) is 10.6. The summed E-state index contributed by atoms with van der Waals surface area (Å²) in [6.07, 6.45) is -2.23. The second-order valence-corrected chi connectivity index (χ2v) is 7.59. The van der Waals surface area contributed by atoms with E-state index in [9.17, 15) is 18.0 Å². The highest BCUT2D eigenvalue weighted by atomic mass is 32.1. The monoisotopic (exact) mass is 462 g/mol. The van der Waals surface area contributed by atoms with Crippen LogP contribution in [0.25, 0.3) is 17.3 Å². The molecule has 1 heterocycles. The number of nitrogens with zero attached hydrogens (tertiary/aromatic N) is 1. The zero-order valence-electron chi connectivity index (χ0n) is 17.2. The number of hydrogen-bond donors (Lipinski definition) is 1. The van der Waals surface area contributed by atoms with Crippen molar-refractivity contribution in [1.82, 2.24) is 4.98 Å². The first-order chi connectivity index (χ1) is 15.3. The molecule has 0 saturated heterocycles. The highest BCUT2D eigenvalue weighted by Gasteiger charge is 2.26. The maximum Gasteiger partial charge on any atom is 0.389 e. The van der Waals surface area contributed by atoms with Crippen molar-refractivity contribution in [1.29, 1.82) is 0 Å². The van der Waals surface area contributed by atoms with E-state index in [0.29, 0.717) is 16.4 Å². The van der Waals surface area contributed by atoms with E-state index < -0.39 is 12.6 Å². The van der Waals surface area contributed by atoms with Gasteiger partial charge in [0, 0.05) is 23.4 Å². The van der Waals surface area contributed by atoms with Crippen LogP contribution >= 0.6 is 11.3 Å². The van der Waals surface area contributed by atoms with Crippen LogP contribution in [0.5, 0.6) is 11.5 Å². The molecule has 1 N–H and O–H groups in total. The molecule has 1 aromatic heterocycles. The van der Waals surface area contributed by atoms with Crippen LogP contribution < -0.4 is 14.8 Å². The Hall–Kier alpha value is -3.33. The van der Waals surface area contributed by atoms with E-state index >= 15 is 0 Å². The Morgan fingerprint density at radius 2 is 1.94 bits per heavy atom. The molecule has 0 aliphatic rings. The molecule has 0 unspecified atom stereocenters. The summed E-state index contributed by atoms with van der Waals surface area (Å²) in [5.41, 5.74) is 2.34. The Balaban J connectivity index is 1.52. The van der Waals surface area contributed by atoms with Crippen LogP contribution in [-0.2, 0) is 4.79 Å². The fraction of sp³-hybridized carbons (Fsp3) is 0.217. The number of anilines is 1. The molecule has 2 aromatic carbocycles. The number of thiazole rings is 1. The molecule has 0 bridgehead atoms. The minimum Gasteiger partial charge on any atom is -0.497 e. The lowest BCUT2D eigenvalue weighted by molar-refractivity contribution is -0.136. The summed E-state index contributed by atoms with van der Waals surface area (Å²) in [7, 11) is 1.60. The first-order valence-electron chi connectivity index (χ1n) is 9.71. The van der Waals surface area contributed by atoms with Crippen molar-refractivity contribution < 1.29 is 27.4 Å². The number of hydrogen-bond acceptors (Lipinski definition) is 5. The molecule has 32 heavy (non-hydrogen) atoms. The second kappa shape index (κ2) is 10.8. The molecule has 0 spiro atoms. The van der Waals surface area contributed by atoms with Crippen LogP contribution in [0.2, 0.25) is 0 Å². The molecule has 0 radical (unpaired) electrons. The lowest BCUT2D eigenvalue weighted by atomic mass is 10.2. The van der Waals surface area contributed by atoms with Crippen molar-refractivity contribution in [2.75, 3.05) is 19.0 Å². The van der Waals surface area contributed by atoms with E-state index in [2.05, 4.69) is 10.3 Å². The largest absolute Gasteiger partial charge is 0.497 e. The van der Waals surface area contributed by atoms with Gasteiger partial charge in [-0.05, 0) is 54.5 Å². The van der Waals surface area contributed by atoms with Gasteiger partial charge in [0.15, 0.2) is 5.13 Å². The number of rotatable bonds is 9. The third-order valence-electron chi connectivity index (χ3n) is 4.28. The Morgan fingerprint density at radius 3 is 2.66 bits per heavy atom. The Morgan fingerprint density at radius 1 is 1.16 bits per heavy atom. The number of aromatic nitrogens is 1. The first kappa shape index (κ1) is 23.3. The zero-order chi connectivity index (χ0) is 23.0. The minimum absolute atomic E-state index is 0.0340. The molecule has 168 valence electrons. The number of methoxy groups -OCH3 is 1. The number of carbonyl (C=O) groups excluding carboxylic acids is 1. The molecule has 0 fully saturated rings. The van der Waals surface area contributed by atoms with E-state index in [4.69, 9.17) is 9.47 Å². The molecule has 5 nitrogen and oxygen atoms in total. The number of nitrogens with one attached hydrogen (secondary N) is 1. The van der Waals surface area contributed by atoms with Gasteiger partial charge in [-0.15, -0.1) is 11.3 Å². The molecule has 9 heteroatoms. The minimum atomic E-state index is -4.19. The van der Waals surface area contributed by atoms with Gasteiger partial charge in [-0.25, -0.2) is 4.98 Å².